The van der Waals surface area contributed by atoms with E-state index in [1.807, 2.05) is 42.5 Å². The van der Waals surface area contributed by atoms with E-state index in [0.717, 1.165) is 16.8 Å². The van der Waals surface area contributed by atoms with Gasteiger partial charge in [0.2, 0.25) is 0 Å². The van der Waals surface area contributed by atoms with Crippen molar-refractivity contribution in [3.05, 3.63) is 71.4 Å². The summed E-state index contributed by atoms with van der Waals surface area (Å²) in [4.78, 5) is 16.0. The Morgan fingerprint density at radius 2 is 1.92 bits per heavy atom. The van der Waals surface area contributed by atoms with E-state index < -0.39 is 0 Å². The molecule has 2 atom stereocenters. The highest BCUT2D eigenvalue weighted by molar-refractivity contribution is 5.89. The summed E-state index contributed by atoms with van der Waals surface area (Å²) >= 11 is 0. The SMILES string of the molecule is C[C@@H]1N[C@H](C(=O)NN=Cc2ccccc2)Cc2c1[nH]c1ccccc21. The highest BCUT2D eigenvalue weighted by atomic mass is 16.2. The maximum absolute atomic E-state index is 12.5. The third kappa shape index (κ3) is 3.06. The maximum atomic E-state index is 12.5. The van der Waals surface area contributed by atoms with Gasteiger partial charge in [-0.3, -0.25) is 10.1 Å². The minimum Gasteiger partial charge on any atom is -0.357 e. The Hall–Kier alpha value is -2.92. The first-order valence-corrected chi connectivity index (χ1v) is 8.46. The molecule has 0 saturated carbocycles. The molecule has 5 heteroatoms. The maximum Gasteiger partial charge on any atom is 0.257 e. The van der Waals surface area contributed by atoms with Gasteiger partial charge in [0.05, 0.1) is 12.3 Å². The zero-order valence-corrected chi connectivity index (χ0v) is 14.0. The van der Waals surface area contributed by atoms with Gasteiger partial charge in [-0.15, -0.1) is 0 Å². The summed E-state index contributed by atoms with van der Waals surface area (Å²) in [5.74, 6) is -0.116. The lowest BCUT2D eigenvalue weighted by Gasteiger charge is -2.27. The monoisotopic (exact) mass is 332 g/mol. The van der Waals surface area contributed by atoms with E-state index in [1.165, 1.54) is 10.9 Å². The lowest BCUT2D eigenvalue weighted by Crippen LogP contribution is -2.47. The van der Waals surface area contributed by atoms with E-state index >= 15 is 0 Å². The van der Waals surface area contributed by atoms with E-state index in [9.17, 15) is 4.79 Å². The number of para-hydroxylation sites is 1. The van der Waals surface area contributed by atoms with Crippen molar-refractivity contribution in [3.63, 3.8) is 0 Å². The van der Waals surface area contributed by atoms with Gasteiger partial charge >= 0.3 is 0 Å². The minimum atomic E-state index is -0.297. The van der Waals surface area contributed by atoms with Crippen molar-refractivity contribution in [2.24, 2.45) is 5.10 Å². The van der Waals surface area contributed by atoms with E-state index in [1.54, 1.807) is 6.21 Å². The molecule has 0 radical (unpaired) electrons. The third-order valence-electron chi connectivity index (χ3n) is 4.64. The number of hydrazone groups is 1. The summed E-state index contributed by atoms with van der Waals surface area (Å²) < 4.78 is 0. The molecule has 4 rings (SSSR count). The molecular formula is C20H20N4O. The summed E-state index contributed by atoms with van der Waals surface area (Å²) in [5.41, 5.74) is 7.10. The minimum absolute atomic E-state index is 0.0880. The van der Waals surface area contributed by atoms with E-state index in [2.05, 4.69) is 39.9 Å². The molecule has 3 N–H and O–H groups in total. The first-order valence-electron chi connectivity index (χ1n) is 8.46. The van der Waals surface area contributed by atoms with Gasteiger partial charge in [-0.05, 0) is 30.5 Å². The summed E-state index contributed by atoms with van der Waals surface area (Å²) in [6.45, 7) is 2.07. The van der Waals surface area contributed by atoms with Gasteiger partial charge in [0.15, 0.2) is 0 Å². The lowest BCUT2D eigenvalue weighted by atomic mass is 9.94. The van der Waals surface area contributed by atoms with E-state index in [4.69, 9.17) is 0 Å². The molecule has 126 valence electrons. The molecule has 25 heavy (non-hydrogen) atoms. The van der Waals surface area contributed by atoms with Crippen molar-refractivity contribution in [1.29, 1.82) is 0 Å². The predicted octanol–water partition coefficient (Wildman–Crippen LogP) is 2.89. The number of amides is 1. The van der Waals surface area contributed by atoms with Gasteiger partial charge in [0.1, 0.15) is 0 Å². The molecule has 1 amide bonds. The Labute approximate surface area is 146 Å². The normalized spacial score (nSPS) is 19.9. The number of H-pyrrole nitrogens is 1. The second kappa shape index (κ2) is 6.53. The molecule has 0 unspecified atom stereocenters. The summed E-state index contributed by atoms with van der Waals surface area (Å²) in [5, 5.41) is 8.63. The second-order valence-corrected chi connectivity index (χ2v) is 6.35. The average Bonchev–Trinajstić information content (AvgIpc) is 3.02. The molecule has 1 aromatic heterocycles. The molecule has 0 aliphatic carbocycles. The van der Waals surface area contributed by atoms with Crippen LogP contribution in [-0.4, -0.2) is 23.1 Å². The van der Waals surface area contributed by atoms with Crippen LogP contribution in [0.15, 0.2) is 59.7 Å². The van der Waals surface area contributed by atoms with Crippen LogP contribution in [0.25, 0.3) is 10.9 Å². The van der Waals surface area contributed by atoms with Crippen LogP contribution < -0.4 is 10.7 Å². The van der Waals surface area contributed by atoms with Gasteiger partial charge in [-0.1, -0.05) is 48.5 Å². The number of aromatic amines is 1. The number of carbonyl (C=O) groups excluding carboxylic acids is 1. The standard InChI is InChI=1S/C20H20N4O/c1-13-19-16(15-9-5-6-10-17(15)23-19)11-18(22-13)20(25)24-21-12-14-7-3-2-4-8-14/h2-10,12-13,18,22-23H,11H2,1H3,(H,24,25)/t13-,18-/m0/s1. The number of benzene rings is 2. The van der Waals surface area contributed by atoms with Crippen LogP contribution in [0.3, 0.4) is 0 Å². The van der Waals surface area contributed by atoms with Crippen LogP contribution in [0.1, 0.15) is 29.8 Å². The number of nitrogens with zero attached hydrogens (tertiary/aromatic N) is 1. The van der Waals surface area contributed by atoms with Gasteiger partial charge in [0.25, 0.3) is 5.91 Å². The number of fused-ring (bicyclic) bond motifs is 3. The summed E-state index contributed by atoms with van der Waals surface area (Å²) in [6.07, 6.45) is 2.30. The number of hydrogen-bond donors (Lipinski definition) is 3. The Morgan fingerprint density at radius 3 is 2.76 bits per heavy atom. The second-order valence-electron chi connectivity index (χ2n) is 6.35. The topological polar surface area (TPSA) is 69.3 Å². The highest BCUT2D eigenvalue weighted by Gasteiger charge is 2.30. The predicted molar refractivity (Wildman–Crippen MR) is 99.5 cm³/mol. The van der Waals surface area contributed by atoms with Crippen molar-refractivity contribution < 1.29 is 4.79 Å². The van der Waals surface area contributed by atoms with Crippen molar-refractivity contribution in [1.82, 2.24) is 15.7 Å². The van der Waals surface area contributed by atoms with Crippen LogP contribution in [0.5, 0.6) is 0 Å². The zero-order valence-electron chi connectivity index (χ0n) is 14.0. The van der Waals surface area contributed by atoms with E-state index in [0.29, 0.717) is 6.42 Å². The van der Waals surface area contributed by atoms with Crippen molar-refractivity contribution in [2.45, 2.75) is 25.4 Å². The Balaban J connectivity index is 1.50. The molecule has 3 aromatic rings. The summed E-state index contributed by atoms with van der Waals surface area (Å²) in [7, 11) is 0. The van der Waals surface area contributed by atoms with Gasteiger partial charge in [-0.25, -0.2) is 5.43 Å². The Bertz CT molecular complexity index is 929. The number of aromatic nitrogens is 1. The van der Waals surface area contributed by atoms with Crippen LogP contribution in [-0.2, 0) is 11.2 Å². The lowest BCUT2D eigenvalue weighted by molar-refractivity contribution is -0.123. The molecule has 1 aliphatic rings. The highest BCUT2D eigenvalue weighted by Crippen LogP contribution is 2.31. The van der Waals surface area contributed by atoms with Crippen molar-refractivity contribution in [3.8, 4) is 0 Å². The van der Waals surface area contributed by atoms with Crippen LogP contribution in [0.2, 0.25) is 0 Å². The quantitative estimate of drug-likeness (QED) is 0.510. The first kappa shape index (κ1) is 15.6. The molecule has 5 nitrogen and oxygen atoms in total. The fourth-order valence-electron chi connectivity index (χ4n) is 3.41. The molecular weight excluding hydrogens is 312 g/mol. The Kier molecular flexibility index (Phi) is 4.07. The third-order valence-corrected chi connectivity index (χ3v) is 4.64. The molecule has 2 aromatic carbocycles. The number of nitrogens with one attached hydrogen (secondary N) is 3. The number of hydrogen-bond acceptors (Lipinski definition) is 3. The Morgan fingerprint density at radius 1 is 1.16 bits per heavy atom. The molecule has 0 saturated heterocycles. The van der Waals surface area contributed by atoms with Gasteiger partial charge in [0, 0.05) is 22.6 Å². The van der Waals surface area contributed by atoms with Crippen LogP contribution in [0.4, 0.5) is 0 Å². The number of carbonyl (C=O) groups is 1. The fraction of sp³-hybridized carbons (Fsp3) is 0.200. The van der Waals surface area contributed by atoms with Crippen LogP contribution >= 0.6 is 0 Å². The molecule has 2 heterocycles. The van der Waals surface area contributed by atoms with Crippen molar-refractivity contribution in [2.75, 3.05) is 0 Å². The average molecular weight is 332 g/mol. The number of rotatable bonds is 3. The molecule has 0 spiro atoms. The van der Waals surface area contributed by atoms with E-state index in [-0.39, 0.29) is 18.0 Å². The fourth-order valence-corrected chi connectivity index (χ4v) is 3.41. The molecule has 0 bridgehead atoms. The summed E-state index contributed by atoms with van der Waals surface area (Å²) in [6, 6.07) is 17.7. The van der Waals surface area contributed by atoms with Gasteiger partial charge < -0.3 is 4.98 Å². The smallest absolute Gasteiger partial charge is 0.257 e. The first-order chi connectivity index (χ1) is 12.2. The molecule has 1 aliphatic heterocycles. The van der Waals surface area contributed by atoms with Gasteiger partial charge in [-0.2, -0.15) is 5.10 Å². The molecule has 0 fully saturated rings. The largest absolute Gasteiger partial charge is 0.357 e. The van der Waals surface area contributed by atoms with Crippen LogP contribution in [0, 0.1) is 0 Å². The van der Waals surface area contributed by atoms with Crippen molar-refractivity contribution >= 4 is 23.0 Å². The zero-order chi connectivity index (χ0) is 17.2.